The highest BCUT2D eigenvalue weighted by Gasteiger charge is 2.12. The van der Waals surface area contributed by atoms with Crippen LogP contribution in [0.2, 0.25) is 0 Å². The molecule has 0 heterocycles. The monoisotopic (exact) mass is 197 g/mol. The molecule has 15 heavy (non-hydrogen) atoms. The average molecular weight is 197 g/mol. The molecule has 1 atom stereocenters. The number of benzene rings is 1. The summed E-state index contributed by atoms with van der Waals surface area (Å²) in [4.78, 5) is 11.0. The Labute approximate surface area is 89.5 Å². The van der Waals surface area contributed by atoms with Gasteiger partial charge < -0.3 is 0 Å². The molecule has 0 spiro atoms. The Balaban J connectivity index is 2.88. The number of nitrogens with zero attached hydrogens (tertiary/aromatic N) is 1. The summed E-state index contributed by atoms with van der Waals surface area (Å²) < 4.78 is 0. The number of carbonyl (C=O) groups excluding carboxylic acids is 1. The quantitative estimate of drug-likeness (QED) is 0.551. The van der Waals surface area contributed by atoms with Gasteiger partial charge in [-0.25, -0.2) is 0 Å². The van der Waals surface area contributed by atoms with Crippen LogP contribution in [-0.2, 0) is 4.79 Å². The smallest absolute Gasteiger partial charge is 0.233 e. The highest BCUT2D eigenvalue weighted by molar-refractivity contribution is 5.94. The van der Waals surface area contributed by atoms with Crippen molar-refractivity contribution < 1.29 is 4.79 Å². The molecule has 0 N–H and O–H groups in total. The van der Waals surface area contributed by atoms with Crippen LogP contribution in [0, 0.1) is 23.2 Å². The van der Waals surface area contributed by atoms with E-state index in [1.54, 1.807) is 13.0 Å². The van der Waals surface area contributed by atoms with Crippen LogP contribution < -0.4 is 0 Å². The fourth-order valence-corrected chi connectivity index (χ4v) is 1.34. The van der Waals surface area contributed by atoms with Crippen LogP contribution in [0.15, 0.2) is 30.3 Å². The molecule has 1 aromatic rings. The predicted octanol–water partition coefficient (Wildman–Crippen LogP) is 2.28. The van der Waals surface area contributed by atoms with Gasteiger partial charge in [0.15, 0.2) is 0 Å². The average Bonchev–Trinajstić information content (AvgIpc) is 2.29. The van der Waals surface area contributed by atoms with Crippen LogP contribution in [0.3, 0.4) is 0 Å². The minimum absolute atomic E-state index is 0.164. The minimum atomic E-state index is -0.424. The van der Waals surface area contributed by atoms with E-state index in [9.17, 15) is 4.79 Å². The third kappa shape index (κ3) is 3.29. The summed E-state index contributed by atoms with van der Waals surface area (Å²) in [6.45, 7) is 1.73. The predicted molar refractivity (Wildman–Crippen MR) is 57.9 cm³/mol. The van der Waals surface area contributed by atoms with Crippen molar-refractivity contribution in [2.24, 2.45) is 0 Å². The Kier molecular flexibility index (Phi) is 4.13. The molecule has 0 bridgehead atoms. The lowest BCUT2D eigenvalue weighted by Crippen LogP contribution is -2.03. The number of carbonyl (C=O) groups is 1. The summed E-state index contributed by atoms with van der Waals surface area (Å²) in [7, 11) is 0. The van der Waals surface area contributed by atoms with Crippen molar-refractivity contribution in [3.63, 3.8) is 0 Å². The van der Waals surface area contributed by atoms with Crippen LogP contribution in [0.5, 0.6) is 0 Å². The summed E-state index contributed by atoms with van der Waals surface area (Å²) in [6, 6.07) is 11.2. The zero-order valence-corrected chi connectivity index (χ0v) is 8.53. The second kappa shape index (κ2) is 5.62. The summed E-state index contributed by atoms with van der Waals surface area (Å²) in [5.41, 5.74) is 0.982. The van der Waals surface area contributed by atoms with Crippen LogP contribution in [0.4, 0.5) is 0 Å². The highest BCUT2D eigenvalue weighted by atomic mass is 16.1. The van der Waals surface area contributed by atoms with Gasteiger partial charge in [0, 0.05) is 6.42 Å². The Morgan fingerprint density at radius 1 is 1.40 bits per heavy atom. The molecule has 0 aliphatic carbocycles. The largest absolute Gasteiger partial charge is 0.283 e. The fraction of sp³-hybridized carbons (Fsp3) is 0.231. The summed E-state index contributed by atoms with van der Waals surface area (Å²) >= 11 is 0. The Morgan fingerprint density at radius 3 is 2.60 bits per heavy atom. The molecule has 0 radical (unpaired) electrons. The van der Waals surface area contributed by atoms with Gasteiger partial charge in [-0.05, 0) is 12.5 Å². The first-order valence-electron chi connectivity index (χ1n) is 4.68. The maximum Gasteiger partial charge on any atom is 0.233 e. The Morgan fingerprint density at radius 2 is 2.07 bits per heavy atom. The molecule has 0 aliphatic rings. The molecule has 1 rings (SSSR count). The van der Waals surface area contributed by atoms with Crippen molar-refractivity contribution in [3.8, 4) is 17.9 Å². The van der Waals surface area contributed by atoms with Gasteiger partial charge in [0.1, 0.15) is 6.07 Å². The lowest BCUT2D eigenvalue weighted by molar-refractivity contribution is -0.114. The van der Waals surface area contributed by atoms with Gasteiger partial charge in [0.25, 0.3) is 0 Å². The van der Waals surface area contributed by atoms with Crippen molar-refractivity contribution in [3.05, 3.63) is 35.9 Å². The topological polar surface area (TPSA) is 40.9 Å². The summed E-state index contributed by atoms with van der Waals surface area (Å²) in [5.74, 6) is 5.14. The van der Waals surface area contributed by atoms with Crippen molar-refractivity contribution in [2.75, 3.05) is 0 Å². The zero-order valence-electron chi connectivity index (χ0n) is 8.53. The van der Waals surface area contributed by atoms with Gasteiger partial charge in [-0.2, -0.15) is 5.26 Å². The van der Waals surface area contributed by atoms with Gasteiger partial charge in [0.2, 0.25) is 5.78 Å². The van der Waals surface area contributed by atoms with Gasteiger partial charge in [-0.3, -0.25) is 4.79 Å². The first-order chi connectivity index (χ1) is 7.27. The second-order valence-electron chi connectivity index (χ2n) is 3.10. The lowest BCUT2D eigenvalue weighted by Gasteiger charge is -2.07. The molecule has 0 amide bonds. The van der Waals surface area contributed by atoms with E-state index in [4.69, 9.17) is 5.26 Å². The summed E-state index contributed by atoms with van der Waals surface area (Å²) in [5, 5.41) is 8.45. The lowest BCUT2D eigenvalue weighted by atomic mass is 9.94. The number of Topliss-reactive ketones (excluding diaryl/α,β-unsaturated/α-hetero) is 1. The van der Waals surface area contributed by atoms with Gasteiger partial charge in [-0.1, -0.05) is 36.3 Å². The molecule has 0 saturated carbocycles. The number of nitriles is 1. The molecular formula is C13H11NO. The number of rotatable bonds is 3. The molecule has 2 heteroatoms. The molecule has 74 valence electrons. The van der Waals surface area contributed by atoms with Crippen LogP contribution in [0.25, 0.3) is 0 Å². The maximum absolute atomic E-state index is 11.0. The molecule has 0 aliphatic heterocycles. The van der Waals surface area contributed by atoms with Crippen molar-refractivity contribution in [2.45, 2.75) is 19.3 Å². The number of ketones is 1. The standard InChI is InChI=1S/C13H11NO/c1-2-6-12(9-13(15)10-14)11-7-4-3-5-8-11/h3-5,7-8,12H,9H2,1H3. The van der Waals surface area contributed by atoms with E-state index in [0.29, 0.717) is 0 Å². The number of hydrogen-bond acceptors (Lipinski definition) is 2. The fourth-order valence-electron chi connectivity index (χ4n) is 1.34. The van der Waals surface area contributed by atoms with Crippen LogP contribution in [0.1, 0.15) is 24.8 Å². The summed E-state index contributed by atoms with van der Waals surface area (Å²) in [6.07, 6.45) is 0.168. The van der Waals surface area contributed by atoms with Gasteiger partial charge in [-0.15, -0.1) is 5.92 Å². The molecule has 0 saturated heterocycles. The van der Waals surface area contributed by atoms with E-state index >= 15 is 0 Å². The van der Waals surface area contributed by atoms with Gasteiger partial charge >= 0.3 is 0 Å². The van der Waals surface area contributed by atoms with E-state index < -0.39 is 5.78 Å². The second-order valence-corrected chi connectivity index (χ2v) is 3.10. The molecular weight excluding hydrogens is 186 g/mol. The van der Waals surface area contributed by atoms with Crippen LogP contribution >= 0.6 is 0 Å². The van der Waals surface area contributed by atoms with Gasteiger partial charge in [0.05, 0.1) is 5.92 Å². The zero-order chi connectivity index (χ0) is 11.1. The maximum atomic E-state index is 11.0. The SMILES string of the molecule is CC#CC(CC(=O)C#N)c1ccccc1. The van der Waals surface area contributed by atoms with E-state index in [2.05, 4.69) is 11.8 Å². The molecule has 0 aromatic heterocycles. The third-order valence-electron chi connectivity index (χ3n) is 2.03. The van der Waals surface area contributed by atoms with E-state index in [-0.39, 0.29) is 12.3 Å². The third-order valence-corrected chi connectivity index (χ3v) is 2.03. The molecule has 1 aromatic carbocycles. The molecule has 2 nitrogen and oxygen atoms in total. The Hall–Kier alpha value is -2.06. The van der Waals surface area contributed by atoms with E-state index in [1.807, 2.05) is 30.3 Å². The van der Waals surface area contributed by atoms with Crippen molar-refractivity contribution >= 4 is 5.78 Å². The Bertz CT molecular complexity index is 431. The highest BCUT2D eigenvalue weighted by Crippen LogP contribution is 2.18. The molecule has 0 fully saturated rings. The minimum Gasteiger partial charge on any atom is -0.283 e. The van der Waals surface area contributed by atoms with E-state index in [1.165, 1.54) is 0 Å². The number of hydrogen-bond donors (Lipinski definition) is 0. The van der Waals surface area contributed by atoms with Crippen molar-refractivity contribution in [1.82, 2.24) is 0 Å². The van der Waals surface area contributed by atoms with Crippen molar-refractivity contribution in [1.29, 1.82) is 5.26 Å². The normalized spacial score (nSPS) is 10.7. The van der Waals surface area contributed by atoms with E-state index in [0.717, 1.165) is 5.56 Å². The molecule has 1 unspecified atom stereocenters. The first kappa shape index (κ1) is 11.0. The first-order valence-corrected chi connectivity index (χ1v) is 4.68. The van der Waals surface area contributed by atoms with Crippen LogP contribution in [-0.4, -0.2) is 5.78 Å².